The molecule has 0 saturated heterocycles. The third-order valence-electron chi connectivity index (χ3n) is 1.59. The molecule has 1 rings (SSSR count). The summed E-state index contributed by atoms with van der Waals surface area (Å²) >= 11 is 0. The lowest BCUT2D eigenvalue weighted by Crippen LogP contribution is -2.04. The van der Waals surface area contributed by atoms with E-state index in [1.54, 1.807) is 37.6 Å². The van der Waals surface area contributed by atoms with Gasteiger partial charge in [-0.2, -0.15) is 0 Å². The highest BCUT2D eigenvalue weighted by atomic mass is 16.5. The average molecular weight is 192 g/mol. The van der Waals surface area contributed by atoms with Crippen molar-refractivity contribution >= 4 is 18.1 Å². The average Bonchev–Trinajstić information content (AvgIpc) is 2.20. The summed E-state index contributed by atoms with van der Waals surface area (Å²) in [5.41, 5.74) is 1.05. The first-order chi connectivity index (χ1) is 6.77. The van der Waals surface area contributed by atoms with E-state index in [9.17, 15) is 9.59 Å². The number of hydrogen-bond acceptors (Lipinski definition) is 3. The van der Waals surface area contributed by atoms with Gasteiger partial charge < -0.3 is 10.1 Å². The quantitative estimate of drug-likeness (QED) is 0.578. The first-order valence-corrected chi connectivity index (χ1v) is 4.18. The second kappa shape index (κ2) is 5.01. The predicted molar refractivity (Wildman–Crippen MR) is 51.7 cm³/mol. The van der Waals surface area contributed by atoms with E-state index < -0.39 is 0 Å². The van der Waals surface area contributed by atoms with Gasteiger partial charge in [-0.25, -0.2) is 4.79 Å². The smallest absolute Gasteiger partial charge is 0.338 e. The van der Waals surface area contributed by atoms with Gasteiger partial charge in [0.25, 0.3) is 0 Å². The molecule has 1 radical (unpaired) electrons. The Morgan fingerprint density at radius 2 is 2.07 bits per heavy atom. The zero-order chi connectivity index (χ0) is 10.4. The van der Waals surface area contributed by atoms with Crippen molar-refractivity contribution in [3.05, 3.63) is 29.8 Å². The predicted octanol–water partition coefficient (Wildman–Crippen LogP) is 1.34. The first kappa shape index (κ1) is 10.2. The lowest BCUT2D eigenvalue weighted by atomic mass is 10.2. The van der Waals surface area contributed by atoms with Crippen LogP contribution in [0.15, 0.2) is 24.3 Å². The molecule has 1 N–H and O–H groups in total. The van der Waals surface area contributed by atoms with Gasteiger partial charge in [0.05, 0.1) is 12.2 Å². The van der Waals surface area contributed by atoms with Crippen LogP contribution < -0.4 is 5.32 Å². The lowest BCUT2D eigenvalue weighted by molar-refractivity contribution is 0.0526. The van der Waals surface area contributed by atoms with Gasteiger partial charge in [0.2, 0.25) is 0 Å². The van der Waals surface area contributed by atoms with Crippen LogP contribution in [0, 0.1) is 0 Å². The summed E-state index contributed by atoms with van der Waals surface area (Å²) in [5, 5.41) is 2.35. The van der Waals surface area contributed by atoms with Crippen molar-refractivity contribution in [2.45, 2.75) is 6.92 Å². The maximum Gasteiger partial charge on any atom is 0.338 e. The van der Waals surface area contributed by atoms with E-state index in [0.29, 0.717) is 17.9 Å². The molecule has 4 heteroatoms. The maximum absolute atomic E-state index is 11.2. The Morgan fingerprint density at radius 1 is 1.43 bits per heavy atom. The molecule has 0 unspecified atom stereocenters. The molecular weight excluding hydrogens is 182 g/mol. The number of nitrogens with one attached hydrogen (secondary N) is 1. The molecule has 0 aliphatic carbocycles. The van der Waals surface area contributed by atoms with Crippen molar-refractivity contribution in [3.63, 3.8) is 0 Å². The summed E-state index contributed by atoms with van der Waals surface area (Å²) < 4.78 is 4.79. The Balaban J connectivity index is 2.72. The minimum Gasteiger partial charge on any atom is -0.462 e. The summed E-state index contributed by atoms with van der Waals surface area (Å²) in [7, 11) is 0. The number of benzene rings is 1. The molecule has 0 bridgehead atoms. The number of esters is 1. The molecule has 0 spiro atoms. The highest BCUT2D eigenvalue weighted by molar-refractivity contribution is 5.90. The Kier molecular flexibility index (Phi) is 3.67. The summed E-state index contributed by atoms with van der Waals surface area (Å²) in [4.78, 5) is 21.2. The van der Waals surface area contributed by atoms with Crippen molar-refractivity contribution in [2.24, 2.45) is 0 Å². The molecule has 0 fully saturated rings. The molecule has 1 aromatic rings. The van der Waals surface area contributed by atoms with Gasteiger partial charge in [0, 0.05) is 5.69 Å². The first-order valence-electron chi connectivity index (χ1n) is 4.18. The molecule has 0 aliphatic rings. The highest BCUT2D eigenvalue weighted by Crippen LogP contribution is 2.09. The molecule has 14 heavy (non-hydrogen) atoms. The van der Waals surface area contributed by atoms with Crippen LogP contribution in [0.1, 0.15) is 17.3 Å². The number of amides is 1. The van der Waals surface area contributed by atoms with Crippen molar-refractivity contribution in [2.75, 3.05) is 11.9 Å². The van der Waals surface area contributed by atoms with Crippen LogP contribution >= 0.6 is 0 Å². The third-order valence-corrected chi connectivity index (χ3v) is 1.59. The molecule has 1 aromatic carbocycles. The molecule has 0 saturated carbocycles. The molecule has 4 nitrogen and oxygen atoms in total. The number of anilines is 1. The Bertz CT molecular complexity index is 319. The zero-order valence-corrected chi connectivity index (χ0v) is 7.74. The lowest BCUT2D eigenvalue weighted by Gasteiger charge is -2.02. The SMILES string of the molecule is CCOC(=O)c1ccc(N[C]=O)cc1. The molecule has 0 heterocycles. The number of rotatable bonds is 4. The highest BCUT2D eigenvalue weighted by Gasteiger charge is 2.04. The summed E-state index contributed by atoms with van der Waals surface area (Å²) in [6.07, 6.45) is 1.54. The van der Waals surface area contributed by atoms with Crippen molar-refractivity contribution in [1.82, 2.24) is 0 Å². The van der Waals surface area contributed by atoms with E-state index in [4.69, 9.17) is 4.74 Å². The van der Waals surface area contributed by atoms with E-state index in [2.05, 4.69) is 5.32 Å². The van der Waals surface area contributed by atoms with Crippen LogP contribution in [0.5, 0.6) is 0 Å². The Hall–Kier alpha value is -1.84. The largest absolute Gasteiger partial charge is 0.462 e. The third kappa shape index (κ3) is 2.58. The number of carbonyl (C=O) groups excluding carboxylic acids is 2. The van der Waals surface area contributed by atoms with E-state index in [1.807, 2.05) is 0 Å². The molecule has 1 amide bonds. The zero-order valence-electron chi connectivity index (χ0n) is 7.74. The van der Waals surface area contributed by atoms with Crippen molar-refractivity contribution in [3.8, 4) is 0 Å². The fraction of sp³-hybridized carbons (Fsp3) is 0.200. The van der Waals surface area contributed by atoms with Gasteiger partial charge in [-0.1, -0.05) is 0 Å². The van der Waals surface area contributed by atoms with Crippen LogP contribution in [-0.2, 0) is 9.53 Å². The standard InChI is InChI=1S/C10H10NO3/c1-2-14-10(13)8-3-5-9(6-4-8)11-7-12/h3-6H,2H2,1H3,(H,11,12). The molecule has 0 aliphatic heterocycles. The van der Waals surface area contributed by atoms with Gasteiger partial charge >= 0.3 is 12.4 Å². The molecule has 0 atom stereocenters. The van der Waals surface area contributed by atoms with Crippen molar-refractivity contribution in [1.29, 1.82) is 0 Å². The van der Waals surface area contributed by atoms with E-state index >= 15 is 0 Å². The summed E-state index contributed by atoms with van der Waals surface area (Å²) in [6.45, 7) is 2.09. The summed E-state index contributed by atoms with van der Waals surface area (Å²) in [5.74, 6) is -0.367. The molecule has 73 valence electrons. The Labute approximate surface area is 81.9 Å². The second-order valence-corrected chi connectivity index (χ2v) is 2.52. The summed E-state index contributed by atoms with van der Waals surface area (Å²) in [6, 6.07) is 6.38. The van der Waals surface area contributed by atoms with Crippen LogP contribution in [0.2, 0.25) is 0 Å². The monoisotopic (exact) mass is 192 g/mol. The van der Waals surface area contributed by atoms with Crippen LogP contribution in [0.3, 0.4) is 0 Å². The van der Waals surface area contributed by atoms with Gasteiger partial charge in [-0.15, -0.1) is 0 Å². The Morgan fingerprint density at radius 3 is 2.57 bits per heavy atom. The topological polar surface area (TPSA) is 55.4 Å². The van der Waals surface area contributed by atoms with Crippen LogP contribution in [0.25, 0.3) is 0 Å². The normalized spacial score (nSPS) is 9.21. The van der Waals surface area contributed by atoms with Crippen LogP contribution in [-0.4, -0.2) is 19.0 Å². The van der Waals surface area contributed by atoms with E-state index in [1.165, 1.54) is 0 Å². The molecular formula is C10H10NO3. The van der Waals surface area contributed by atoms with Gasteiger partial charge in [-0.05, 0) is 31.2 Å². The number of hydrogen-bond donors (Lipinski definition) is 1. The van der Waals surface area contributed by atoms with Crippen molar-refractivity contribution < 1.29 is 14.3 Å². The second-order valence-electron chi connectivity index (χ2n) is 2.52. The van der Waals surface area contributed by atoms with E-state index in [0.717, 1.165) is 0 Å². The number of carbonyl (C=O) groups is 1. The molecule has 0 aromatic heterocycles. The van der Waals surface area contributed by atoms with Gasteiger partial charge in [-0.3, -0.25) is 4.79 Å². The minimum absolute atomic E-state index is 0.348. The van der Waals surface area contributed by atoms with E-state index in [-0.39, 0.29) is 5.97 Å². The number of ether oxygens (including phenoxy) is 1. The fourth-order valence-corrected chi connectivity index (χ4v) is 0.963. The van der Waals surface area contributed by atoms with Crippen LogP contribution in [0.4, 0.5) is 5.69 Å². The van der Waals surface area contributed by atoms with Gasteiger partial charge in [0.1, 0.15) is 0 Å². The van der Waals surface area contributed by atoms with Gasteiger partial charge in [0.15, 0.2) is 0 Å². The maximum atomic E-state index is 11.2. The minimum atomic E-state index is -0.367. The fourth-order valence-electron chi connectivity index (χ4n) is 0.963.